The third-order valence-electron chi connectivity index (χ3n) is 3.40. The van der Waals surface area contributed by atoms with Crippen LogP contribution in [0.25, 0.3) is 0 Å². The molecule has 1 N–H and O–H groups in total. The molecule has 1 saturated carbocycles. The maximum Gasteiger partial charge on any atom is 0.273 e. The number of nitrogens with zero attached hydrogens (tertiary/aromatic N) is 1. The average Bonchev–Trinajstić information content (AvgIpc) is 2.94. The third kappa shape index (κ3) is 3.09. The molecule has 0 bridgehead atoms. The first-order valence-corrected chi connectivity index (χ1v) is 7.10. The lowest BCUT2D eigenvalue weighted by Crippen LogP contribution is -2.31. The molecule has 1 amide bonds. The lowest BCUT2D eigenvalue weighted by Gasteiger charge is -2.17. The number of hydrogen-bond acceptors (Lipinski definition) is 3. The van der Waals surface area contributed by atoms with Gasteiger partial charge in [0.05, 0.1) is 0 Å². The molecule has 1 aromatic rings. The Balaban J connectivity index is 1.84. The third-order valence-corrected chi connectivity index (χ3v) is 4.23. The predicted molar refractivity (Wildman–Crippen MR) is 68.2 cm³/mol. The smallest absolute Gasteiger partial charge is 0.273 e. The van der Waals surface area contributed by atoms with Gasteiger partial charge < -0.3 is 9.84 Å². The van der Waals surface area contributed by atoms with E-state index in [2.05, 4.69) is 26.4 Å². The molecule has 0 radical (unpaired) electrons. The summed E-state index contributed by atoms with van der Waals surface area (Å²) in [7, 11) is 0. The van der Waals surface area contributed by atoms with Crippen molar-refractivity contribution in [1.29, 1.82) is 0 Å². The first-order valence-electron chi connectivity index (χ1n) is 5.98. The Hall–Kier alpha value is -0.840. The number of carbonyl (C=O) groups is 1. The Labute approximate surface area is 109 Å². The molecule has 1 fully saturated rings. The Kier molecular flexibility index (Phi) is 4.20. The second-order valence-corrected chi connectivity index (χ2v) is 5.29. The van der Waals surface area contributed by atoms with Gasteiger partial charge in [0.2, 0.25) is 0 Å². The summed E-state index contributed by atoms with van der Waals surface area (Å²) in [4.78, 5) is 11.8. The SMILES string of the molecule is Cc1cc(C(=O)NCC2CCCC2CBr)no1. The molecule has 0 saturated heterocycles. The quantitative estimate of drug-likeness (QED) is 0.869. The molecular formula is C12H17BrN2O2. The standard InChI is InChI=1S/C12H17BrN2O2/c1-8-5-11(15-17-8)12(16)14-7-10-4-2-3-9(10)6-13/h5,9-10H,2-4,6-7H2,1H3,(H,14,16). The molecule has 17 heavy (non-hydrogen) atoms. The van der Waals surface area contributed by atoms with Crippen LogP contribution < -0.4 is 5.32 Å². The fraction of sp³-hybridized carbons (Fsp3) is 0.667. The van der Waals surface area contributed by atoms with Crippen molar-refractivity contribution in [2.24, 2.45) is 11.8 Å². The number of nitrogens with one attached hydrogen (secondary N) is 1. The van der Waals surface area contributed by atoms with E-state index in [0.717, 1.165) is 11.9 Å². The highest BCUT2D eigenvalue weighted by Gasteiger charge is 2.26. The number of carbonyl (C=O) groups excluding carboxylic acids is 1. The Bertz CT molecular complexity index is 392. The van der Waals surface area contributed by atoms with E-state index < -0.39 is 0 Å². The molecule has 94 valence electrons. The van der Waals surface area contributed by atoms with Gasteiger partial charge in [0.15, 0.2) is 5.69 Å². The zero-order valence-corrected chi connectivity index (χ0v) is 11.5. The molecule has 0 aliphatic heterocycles. The maximum atomic E-state index is 11.8. The van der Waals surface area contributed by atoms with Crippen molar-refractivity contribution in [2.45, 2.75) is 26.2 Å². The van der Waals surface area contributed by atoms with Gasteiger partial charge in [0, 0.05) is 17.9 Å². The fourth-order valence-corrected chi connectivity index (χ4v) is 3.23. The molecular weight excluding hydrogens is 284 g/mol. The number of hydrogen-bond donors (Lipinski definition) is 1. The summed E-state index contributed by atoms with van der Waals surface area (Å²) >= 11 is 3.53. The van der Waals surface area contributed by atoms with E-state index in [-0.39, 0.29) is 5.91 Å². The number of halogens is 1. The molecule has 5 heteroatoms. The number of alkyl halides is 1. The monoisotopic (exact) mass is 300 g/mol. The summed E-state index contributed by atoms with van der Waals surface area (Å²) in [5, 5.41) is 7.66. The molecule has 2 unspecified atom stereocenters. The maximum absolute atomic E-state index is 11.8. The Morgan fingerprint density at radius 1 is 1.59 bits per heavy atom. The van der Waals surface area contributed by atoms with Gasteiger partial charge in [-0.15, -0.1) is 0 Å². The summed E-state index contributed by atoms with van der Waals surface area (Å²) in [6.07, 6.45) is 3.73. The minimum absolute atomic E-state index is 0.137. The lowest BCUT2D eigenvalue weighted by atomic mass is 9.98. The van der Waals surface area contributed by atoms with Crippen LogP contribution in [0.2, 0.25) is 0 Å². The van der Waals surface area contributed by atoms with Crippen molar-refractivity contribution >= 4 is 21.8 Å². The van der Waals surface area contributed by atoms with E-state index >= 15 is 0 Å². The van der Waals surface area contributed by atoms with Crippen LogP contribution in [0.1, 0.15) is 35.5 Å². The lowest BCUT2D eigenvalue weighted by molar-refractivity contribution is 0.0935. The minimum atomic E-state index is -0.137. The van der Waals surface area contributed by atoms with Crippen LogP contribution in [-0.4, -0.2) is 22.9 Å². The van der Waals surface area contributed by atoms with Gasteiger partial charge in [0.25, 0.3) is 5.91 Å². The van der Waals surface area contributed by atoms with E-state index in [1.807, 2.05) is 0 Å². The van der Waals surface area contributed by atoms with Crippen molar-refractivity contribution in [3.63, 3.8) is 0 Å². The second kappa shape index (κ2) is 5.67. The van der Waals surface area contributed by atoms with E-state index in [9.17, 15) is 4.79 Å². The number of rotatable bonds is 4. The van der Waals surface area contributed by atoms with Crippen LogP contribution in [0.5, 0.6) is 0 Å². The topological polar surface area (TPSA) is 55.1 Å². The van der Waals surface area contributed by atoms with Gasteiger partial charge in [-0.25, -0.2) is 0 Å². The average molecular weight is 301 g/mol. The predicted octanol–water partition coefficient (Wildman–Crippen LogP) is 2.52. The highest BCUT2D eigenvalue weighted by molar-refractivity contribution is 9.09. The van der Waals surface area contributed by atoms with Crippen molar-refractivity contribution < 1.29 is 9.32 Å². The zero-order chi connectivity index (χ0) is 12.3. The van der Waals surface area contributed by atoms with Gasteiger partial charge >= 0.3 is 0 Å². The van der Waals surface area contributed by atoms with E-state index in [4.69, 9.17) is 4.52 Å². The van der Waals surface area contributed by atoms with Crippen LogP contribution in [0.15, 0.2) is 10.6 Å². The molecule has 1 aliphatic carbocycles. The first kappa shape index (κ1) is 12.6. The first-order chi connectivity index (χ1) is 8.20. The fourth-order valence-electron chi connectivity index (χ4n) is 2.37. The van der Waals surface area contributed by atoms with Gasteiger partial charge in [-0.2, -0.15) is 0 Å². The molecule has 0 spiro atoms. The zero-order valence-electron chi connectivity index (χ0n) is 9.91. The van der Waals surface area contributed by atoms with Gasteiger partial charge in [-0.1, -0.05) is 27.5 Å². The summed E-state index contributed by atoms with van der Waals surface area (Å²) in [5.41, 5.74) is 0.371. The summed E-state index contributed by atoms with van der Waals surface area (Å²) < 4.78 is 4.88. The highest BCUT2D eigenvalue weighted by Crippen LogP contribution is 2.32. The Morgan fingerprint density at radius 2 is 2.35 bits per heavy atom. The van der Waals surface area contributed by atoms with Crippen molar-refractivity contribution in [3.05, 3.63) is 17.5 Å². The van der Waals surface area contributed by atoms with E-state index in [1.54, 1.807) is 13.0 Å². The molecule has 1 heterocycles. The summed E-state index contributed by atoms with van der Waals surface area (Å²) in [5.74, 6) is 1.80. The largest absolute Gasteiger partial charge is 0.361 e. The van der Waals surface area contributed by atoms with E-state index in [0.29, 0.717) is 23.3 Å². The molecule has 2 rings (SSSR count). The van der Waals surface area contributed by atoms with Crippen LogP contribution in [0.3, 0.4) is 0 Å². The van der Waals surface area contributed by atoms with Crippen molar-refractivity contribution in [2.75, 3.05) is 11.9 Å². The summed E-state index contributed by atoms with van der Waals surface area (Å²) in [6, 6.07) is 1.66. The van der Waals surface area contributed by atoms with Gasteiger partial charge in [-0.05, 0) is 31.6 Å². The molecule has 2 atom stereocenters. The van der Waals surface area contributed by atoms with Crippen LogP contribution in [0.4, 0.5) is 0 Å². The second-order valence-electron chi connectivity index (χ2n) is 4.64. The molecule has 0 aromatic carbocycles. The number of aromatic nitrogens is 1. The van der Waals surface area contributed by atoms with Crippen LogP contribution >= 0.6 is 15.9 Å². The van der Waals surface area contributed by atoms with Crippen molar-refractivity contribution in [1.82, 2.24) is 10.5 Å². The minimum Gasteiger partial charge on any atom is -0.361 e. The van der Waals surface area contributed by atoms with Gasteiger partial charge in [-0.3, -0.25) is 4.79 Å². The van der Waals surface area contributed by atoms with Crippen LogP contribution in [-0.2, 0) is 0 Å². The molecule has 1 aliphatic rings. The van der Waals surface area contributed by atoms with E-state index in [1.165, 1.54) is 19.3 Å². The summed E-state index contributed by atoms with van der Waals surface area (Å²) in [6.45, 7) is 2.52. The number of amides is 1. The van der Waals surface area contributed by atoms with Crippen LogP contribution in [0, 0.1) is 18.8 Å². The van der Waals surface area contributed by atoms with Crippen molar-refractivity contribution in [3.8, 4) is 0 Å². The highest BCUT2D eigenvalue weighted by atomic mass is 79.9. The molecule has 4 nitrogen and oxygen atoms in total. The molecule has 1 aromatic heterocycles. The Morgan fingerprint density at radius 3 is 3.00 bits per heavy atom. The normalized spacial score (nSPS) is 23.9. The number of aryl methyl sites for hydroxylation is 1. The van der Waals surface area contributed by atoms with Gasteiger partial charge in [0.1, 0.15) is 5.76 Å².